The van der Waals surface area contributed by atoms with Crippen molar-refractivity contribution in [2.24, 2.45) is 0 Å². The summed E-state index contributed by atoms with van der Waals surface area (Å²) in [6, 6.07) is 19.2. The molecule has 0 N–H and O–H groups in total. The lowest BCUT2D eigenvalue weighted by molar-refractivity contribution is 0.280. The molecule has 1 aliphatic heterocycles. The zero-order valence-electron chi connectivity index (χ0n) is 18.1. The molecule has 0 amide bonds. The van der Waals surface area contributed by atoms with Gasteiger partial charge < -0.3 is 0 Å². The van der Waals surface area contributed by atoms with Gasteiger partial charge in [0.05, 0.1) is 22.4 Å². The standard InChI is InChI=1S/C26H20ClFN4OS/c27-18-4-1-16(2-5-18)24-12-23-25(34-24)26(33)32(15-29-23)21-7-8-22-17(11-21)3-6-20(30-22)14-31-10-9-19(28)13-31/h1-8,11-12,15,19H,9-10,13-14H2/t19-/m0/s1. The van der Waals surface area contributed by atoms with Gasteiger partial charge in [-0.15, -0.1) is 11.3 Å². The van der Waals surface area contributed by atoms with Gasteiger partial charge in [0.1, 0.15) is 17.2 Å². The summed E-state index contributed by atoms with van der Waals surface area (Å²) in [6.07, 6.45) is 1.43. The van der Waals surface area contributed by atoms with Crippen LogP contribution >= 0.6 is 22.9 Å². The summed E-state index contributed by atoms with van der Waals surface area (Å²) in [4.78, 5) is 25.6. The normalized spacial score (nSPS) is 16.6. The zero-order chi connectivity index (χ0) is 23.2. The molecule has 6 rings (SSSR count). The van der Waals surface area contributed by atoms with E-state index in [1.807, 2.05) is 60.7 Å². The molecular formula is C26H20ClFN4OS. The third-order valence-electron chi connectivity index (χ3n) is 6.18. The van der Waals surface area contributed by atoms with Gasteiger partial charge in [-0.2, -0.15) is 0 Å². The first-order valence-corrected chi connectivity index (χ1v) is 12.3. The Bertz CT molecular complexity index is 1580. The first kappa shape index (κ1) is 21.4. The van der Waals surface area contributed by atoms with E-state index in [1.54, 1.807) is 10.9 Å². The van der Waals surface area contributed by atoms with Gasteiger partial charge in [0.2, 0.25) is 0 Å². The molecule has 1 fully saturated rings. The summed E-state index contributed by atoms with van der Waals surface area (Å²) in [5, 5.41) is 1.61. The van der Waals surface area contributed by atoms with Crippen molar-refractivity contribution < 1.29 is 4.39 Å². The van der Waals surface area contributed by atoms with Crippen molar-refractivity contribution in [1.29, 1.82) is 0 Å². The van der Waals surface area contributed by atoms with Crippen LogP contribution in [0.4, 0.5) is 4.39 Å². The molecule has 5 nitrogen and oxygen atoms in total. The molecule has 0 saturated carbocycles. The number of hydrogen-bond acceptors (Lipinski definition) is 5. The van der Waals surface area contributed by atoms with Gasteiger partial charge in [0, 0.05) is 34.9 Å². The first-order chi connectivity index (χ1) is 16.5. The smallest absolute Gasteiger partial charge is 0.275 e. The Hall–Kier alpha value is -3.13. The van der Waals surface area contributed by atoms with Crippen LogP contribution in [-0.4, -0.2) is 38.7 Å². The maximum atomic E-state index is 13.5. The molecule has 0 bridgehead atoms. The third kappa shape index (κ3) is 4.00. The van der Waals surface area contributed by atoms with E-state index >= 15 is 0 Å². The van der Waals surface area contributed by atoms with Gasteiger partial charge in [-0.05, 0) is 54.4 Å². The summed E-state index contributed by atoms with van der Waals surface area (Å²) < 4.78 is 15.7. The van der Waals surface area contributed by atoms with Crippen LogP contribution in [0.1, 0.15) is 12.1 Å². The maximum absolute atomic E-state index is 13.5. The minimum absolute atomic E-state index is 0.103. The lowest BCUT2D eigenvalue weighted by Crippen LogP contribution is -2.21. The van der Waals surface area contributed by atoms with Crippen molar-refractivity contribution in [3.05, 3.63) is 88.1 Å². The number of rotatable bonds is 4. The van der Waals surface area contributed by atoms with Crippen LogP contribution in [0.5, 0.6) is 0 Å². The Balaban J connectivity index is 1.33. The molecule has 0 unspecified atom stereocenters. The minimum atomic E-state index is -0.738. The Morgan fingerprint density at radius 3 is 2.71 bits per heavy atom. The van der Waals surface area contributed by atoms with Crippen LogP contribution in [0.2, 0.25) is 5.02 Å². The fraction of sp³-hybridized carbons (Fsp3) is 0.192. The quantitative estimate of drug-likeness (QED) is 0.316. The number of pyridine rings is 1. The highest BCUT2D eigenvalue weighted by atomic mass is 35.5. The Kier molecular flexibility index (Phi) is 5.40. The highest BCUT2D eigenvalue weighted by Crippen LogP contribution is 2.31. The molecule has 2 aromatic carbocycles. The van der Waals surface area contributed by atoms with E-state index in [4.69, 9.17) is 16.6 Å². The summed E-state index contributed by atoms with van der Waals surface area (Å²) in [7, 11) is 0. The number of hydrogen-bond donors (Lipinski definition) is 0. The molecule has 34 heavy (non-hydrogen) atoms. The molecule has 170 valence electrons. The maximum Gasteiger partial charge on any atom is 0.275 e. The summed E-state index contributed by atoms with van der Waals surface area (Å²) in [6.45, 7) is 1.88. The number of nitrogens with zero attached hydrogens (tertiary/aromatic N) is 4. The van der Waals surface area contributed by atoms with Crippen molar-refractivity contribution in [3.8, 4) is 16.1 Å². The van der Waals surface area contributed by atoms with Crippen molar-refractivity contribution in [3.63, 3.8) is 0 Å². The third-order valence-corrected chi connectivity index (χ3v) is 7.59. The highest BCUT2D eigenvalue weighted by molar-refractivity contribution is 7.22. The molecule has 3 aromatic heterocycles. The zero-order valence-corrected chi connectivity index (χ0v) is 19.7. The molecule has 1 atom stereocenters. The van der Waals surface area contributed by atoms with E-state index in [0.29, 0.717) is 34.7 Å². The van der Waals surface area contributed by atoms with Gasteiger partial charge in [-0.3, -0.25) is 19.2 Å². The van der Waals surface area contributed by atoms with Crippen LogP contribution < -0.4 is 5.56 Å². The lowest BCUT2D eigenvalue weighted by Gasteiger charge is -2.14. The van der Waals surface area contributed by atoms with Crippen LogP contribution in [0.25, 0.3) is 37.2 Å². The topological polar surface area (TPSA) is 51.0 Å². The molecule has 5 aromatic rings. The van der Waals surface area contributed by atoms with Gasteiger partial charge in [0.25, 0.3) is 5.56 Å². The van der Waals surface area contributed by atoms with Crippen LogP contribution in [-0.2, 0) is 6.54 Å². The van der Waals surface area contributed by atoms with Gasteiger partial charge in [-0.1, -0.05) is 29.8 Å². The second kappa shape index (κ2) is 8.58. The Morgan fingerprint density at radius 1 is 1.06 bits per heavy atom. The van der Waals surface area contributed by atoms with E-state index < -0.39 is 6.17 Å². The highest BCUT2D eigenvalue weighted by Gasteiger charge is 2.22. The number of halogens is 2. The van der Waals surface area contributed by atoms with Gasteiger partial charge in [0.15, 0.2) is 0 Å². The van der Waals surface area contributed by atoms with Gasteiger partial charge >= 0.3 is 0 Å². The van der Waals surface area contributed by atoms with E-state index in [9.17, 15) is 9.18 Å². The fourth-order valence-corrected chi connectivity index (χ4v) is 5.58. The average Bonchev–Trinajstić information content (AvgIpc) is 3.46. The second-order valence-corrected chi connectivity index (χ2v) is 10.0. The predicted molar refractivity (Wildman–Crippen MR) is 136 cm³/mol. The molecular weight excluding hydrogens is 471 g/mol. The number of aromatic nitrogens is 3. The Labute approximate surface area is 204 Å². The predicted octanol–water partition coefficient (Wildman–Crippen LogP) is 5.86. The summed E-state index contributed by atoms with van der Waals surface area (Å²) >= 11 is 7.43. The first-order valence-electron chi connectivity index (χ1n) is 11.1. The average molecular weight is 491 g/mol. The van der Waals surface area contributed by atoms with Crippen molar-refractivity contribution in [2.75, 3.05) is 13.1 Å². The molecule has 1 saturated heterocycles. The SMILES string of the molecule is O=c1c2sc(-c3ccc(Cl)cc3)cc2ncn1-c1ccc2nc(CN3CC[C@H](F)C3)ccc2c1. The van der Waals surface area contributed by atoms with Crippen LogP contribution in [0, 0.1) is 0 Å². The lowest BCUT2D eigenvalue weighted by atomic mass is 10.1. The largest absolute Gasteiger partial charge is 0.295 e. The second-order valence-electron chi connectivity index (χ2n) is 8.55. The fourth-order valence-electron chi connectivity index (χ4n) is 4.40. The summed E-state index contributed by atoms with van der Waals surface area (Å²) in [5.74, 6) is 0. The van der Waals surface area contributed by atoms with Crippen LogP contribution in [0.15, 0.2) is 71.8 Å². The van der Waals surface area contributed by atoms with E-state index in [2.05, 4.69) is 9.88 Å². The number of fused-ring (bicyclic) bond motifs is 2. The van der Waals surface area contributed by atoms with E-state index in [1.165, 1.54) is 11.3 Å². The van der Waals surface area contributed by atoms with Gasteiger partial charge in [-0.25, -0.2) is 9.37 Å². The van der Waals surface area contributed by atoms with Crippen molar-refractivity contribution in [1.82, 2.24) is 19.4 Å². The van der Waals surface area contributed by atoms with E-state index in [-0.39, 0.29) is 5.56 Å². The number of alkyl halides is 1. The monoisotopic (exact) mass is 490 g/mol. The number of likely N-dealkylation sites (tertiary alicyclic amines) is 1. The summed E-state index contributed by atoms with van der Waals surface area (Å²) in [5.41, 5.74) is 4.09. The number of thiophene rings is 1. The molecule has 4 heterocycles. The van der Waals surface area contributed by atoms with E-state index in [0.717, 1.165) is 39.3 Å². The molecule has 0 radical (unpaired) electrons. The minimum Gasteiger partial charge on any atom is -0.295 e. The van der Waals surface area contributed by atoms with Crippen LogP contribution in [0.3, 0.4) is 0 Å². The van der Waals surface area contributed by atoms with Crippen molar-refractivity contribution in [2.45, 2.75) is 19.1 Å². The molecule has 8 heteroatoms. The molecule has 0 spiro atoms. The number of benzene rings is 2. The molecule has 1 aliphatic rings. The molecule has 0 aliphatic carbocycles. The van der Waals surface area contributed by atoms with Crippen molar-refractivity contribution >= 4 is 44.1 Å². The Morgan fingerprint density at radius 2 is 1.91 bits per heavy atom.